The van der Waals surface area contributed by atoms with E-state index in [0.29, 0.717) is 42.5 Å². The highest BCUT2D eigenvalue weighted by Gasteiger charge is 2.24. The molecule has 11 heteroatoms. The van der Waals surface area contributed by atoms with Crippen LogP contribution in [0.25, 0.3) is 10.2 Å². The lowest BCUT2D eigenvalue weighted by atomic mass is 10.1. The molecule has 1 aliphatic heterocycles. The number of fused-ring (bicyclic) bond motifs is 1. The van der Waals surface area contributed by atoms with Gasteiger partial charge in [-0.15, -0.1) is 0 Å². The van der Waals surface area contributed by atoms with Crippen LogP contribution >= 0.6 is 22.9 Å². The number of nitrogens with one attached hydrogen (secondary N) is 1. The number of piperazine rings is 1. The Balaban J connectivity index is 1.25. The first-order valence-corrected chi connectivity index (χ1v) is 13.2. The van der Waals surface area contributed by atoms with Crippen LogP contribution in [0.5, 0.6) is 0 Å². The summed E-state index contributed by atoms with van der Waals surface area (Å²) >= 11 is 7.67. The molecule has 0 aliphatic carbocycles. The highest BCUT2D eigenvalue weighted by Crippen LogP contribution is 2.31. The van der Waals surface area contributed by atoms with E-state index >= 15 is 0 Å². The molecule has 34 heavy (non-hydrogen) atoms. The summed E-state index contributed by atoms with van der Waals surface area (Å²) in [6.07, 6.45) is 1.41. The molecule has 5 rings (SSSR count). The van der Waals surface area contributed by atoms with Gasteiger partial charge >= 0.3 is 0 Å². The lowest BCUT2D eigenvalue weighted by molar-refractivity contribution is 0.0747. The van der Waals surface area contributed by atoms with Crippen LogP contribution in [0.15, 0.2) is 71.9 Å². The third-order valence-corrected chi connectivity index (χ3v) is 8.06. The van der Waals surface area contributed by atoms with Crippen LogP contribution in [0.2, 0.25) is 5.02 Å². The van der Waals surface area contributed by atoms with E-state index in [0.717, 1.165) is 15.3 Å². The van der Waals surface area contributed by atoms with Crippen molar-refractivity contribution in [3.63, 3.8) is 0 Å². The number of hydrogen-bond donors (Lipinski definition) is 1. The average Bonchev–Trinajstić information content (AvgIpc) is 3.27. The van der Waals surface area contributed by atoms with Crippen LogP contribution in [0.4, 0.5) is 10.8 Å². The minimum Gasteiger partial charge on any atom is -0.345 e. The van der Waals surface area contributed by atoms with E-state index in [1.54, 1.807) is 52.6 Å². The zero-order chi connectivity index (χ0) is 23.7. The summed E-state index contributed by atoms with van der Waals surface area (Å²) in [6.45, 7) is 2.40. The van der Waals surface area contributed by atoms with Gasteiger partial charge in [-0.3, -0.25) is 9.52 Å². The molecule has 174 valence electrons. The van der Waals surface area contributed by atoms with Crippen molar-refractivity contribution in [3.8, 4) is 0 Å². The van der Waals surface area contributed by atoms with Gasteiger partial charge < -0.3 is 9.80 Å². The molecular weight excluding hydrogens is 494 g/mol. The Bertz CT molecular complexity index is 1450. The van der Waals surface area contributed by atoms with Crippen LogP contribution in [0, 0.1) is 0 Å². The number of sulfonamides is 1. The standard InChI is InChI=1S/C23H20ClN5O3S2/c24-17-7-8-19-20(15-17)33-23(26-19)29-12-10-28(11-13-29)22(30)16-4-3-5-18(14-16)27-34(31,32)21-6-1-2-9-25-21/h1-9,14-15,27H,10-13H2. The average molecular weight is 514 g/mol. The molecule has 0 bridgehead atoms. The normalized spacial score (nSPS) is 14.4. The first kappa shape index (κ1) is 22.6. The summed E-state index contributed by atoms with van der Waals surface area (Å²) in [4.78, 5) is 25.6. The van der Waals surface area contributed by atoms with E-state index < -0.39 is 10.0 Å². The van der Waals surface area contributed by atoms with Crippen molar-refractivity contribution in [2.75, 3.05) is 35.8 Å². The number of thiazole rings is 1. The number of amides is 1. The number of pyridine rings is 1. The number of carbonyl (C=O) groups excluding carboxylic acids is 1. The van der Waals surface area contributed by atoms with Crippen molar-refractivity contribution in [2.24, 2.45) is 0 Å². The van der Waals surface area contributed by atoms with Gasteiger partial charge in [0.1, 0.15) is 0 Å². The third-order valence-electron chi connectivity index (χ3n) is 5.45. The predicted octanol–water partition coefficient (Wildman–Crippen LogP) is 4.11. The molecule has 0 unspecified atom stereocenters. The van der Waals surface area contributed by atoms with E-state index in [1.165, 1.54) is 12.3 Å². The maximum Gasteiger partial charge on any atom is 0.279 e. The molecule has 1 N–H and O–H groups in total. The van der Waals surface area contributed by atoms with Crippen molar-refractivity contribution in [2.45, 2.75) is 5.03 Å². The van der Waals surface area contributed by atoms with Crippen molar-refractivity contribution in [3.05, 3.63) is 77.4 Å². The van der Waals surface area contributed by atoms with Crippen LogP contribution in [0.3, 0.4) is 0 Å². The highest BCUT2D eigenvalue weighted by atomic mass is 35.5. The summed E-state index contributed by atoms with van der Waals surface area (Å²) in [6, 6.07) is 16.8. The Kier molecular flexibility index (Phi) is 6.11. The number of halogens is 1. The fourth-order valence-corrected chi connectivity index (χ4v) is 6.03. The van der Waals surface area contributed by atoms with E-state index in [-0.39, 0.29) is 10.9 Å². The number of aromatic nitrogens is 2. The van der Waals surface area contributed by atoms with Crippen LogP contribution in [-0.4, -0.2) is 55.4 Å². The second kappa shape index (κ2) is 9.21. The summed E-state index contributed by atoms with van der Waals surface area (Å²) in [5, 5.41) is 1.51. The monoisotopic (exact) mass is 513 g/mol. The van der Waals surface area contributed by atoms with Crippen molar-refractivity contribution in [1.29, 1.82) is 0 Å². The topological polar surface area (TPSA) is 95.5 Å². The molecule has 4 aromatic rings. The molecule has 0 saturated carbocycles. The molecule has 2 aromatic carbocycles. The van der Waals surface area contributed by atoms with Crippen LogP contribution in [0.1, 0.15) is 10.4 Å². The van der Waals surface area contributed by atoms with E-state index in [2.05, 4.69) is 19.6 Å². The summed E-state index contributed by atoms with van der Waals surface area (Å²) in [5.41, 5.74) is 1.64. The van der Waals surface area contributed by atoms with E-state index in [4.69, 9.17) is 11.6 Å². The maximum atomic E-state index is 13.1. The highest BCUT2D eigenvalue weighted by molar-refractivity contribution is 7.92. The smallest absolute Gasteiger partial charge is 0.279 e. The van der Waals surface area contributed by atoms with E-state index in [1.807, 2.05) is 18.2 Å². The third kappa shape index (κ3) is 4.70. The molecule has 1 fully saturated rings. The molecule has 0 atom stereocenters. The zero-order valence-corrected chi connectivity index (χ0v) is 20.3. The summed E-state index contributed by atoms with van der Waals surface area (Å²) < 4.78 is 28.6. The van der Waals surface area contributed by atoms with Gasteiger partial charge in [-0.25, -0.2) is 9.97 Å². The fourth-order valence-electron chi connectivity index (χ4n) is 3.73. The number of benzene rings is 2. The van der Waals surface area contributed by atoms with E-state index in [9.17, 15) is 13.2 Å². The molecule has 2 aromatic heterocycles. The lowest BCUT2D eigenvalue weighted by Gasteiger charge is -2.34. The molecule has 1 aliphatic rings. The molecule has 3 heterocycles. The molecule has 0 spiro atoms. The Morgan fingerprint density at radius 3 is 2.59 bits per heavy atom. The van der Waals surface area contributed by atoms with Gasteiger partial charge in [-0.1, -0.05) is 35.1 Å². The first-order valence-electron chi connectivity index (χ1n) is 10.5. The van der Waals surface area contributed by atoms with Crippen LogP contribution in [-0.2, 0) is 10.0 Å². The van der Waals surface area contributed by atoms with Gasteiger partial charge in [0.05, 0.1) is 10.2 Å². The van der Waals surface area contributed by atoms with Gasteiger partial charge in [0, 0.05) is 48.6 Å². The molecule has 1 saturated heterocycles. The quantitative estimate of drug-likeness (QED) is 0.431. The Morgan fingerprint density at radius 1 is 1.00 bits per heavy atom. The summed E-state index contributed by atoms with van der Waals surface area (Å²) in [5.74, 6) is -0.144. The van der Waals surface area contributed by atoms with Gasteiger partial charge in [0.25, 0.3) is 15.9 Å². The second-order valence-corrected chi connectivity index (χ2v) is 10.8. The minimum absolute atomic E-state index is 0.0834. The van der Waals surface area contributed by atoms with Crippen molar-refractivity contribution >= 4 is 59.9 Å². The number of carbonyl (C=O) groups is 1. The number of hydrogen-bond acceptors (Lipinski definition) is 7. The Morgan fingerprint density at radius 2 is 1.82 bits per heavy atom. The SMILES string of the molecule is O=C(c1cccc(NS(=O)(=O)c2ccccn2)c1)N1CCN(c2nc3ccc(Cl)cc3s2)CC1. The summed E-state index contributed by atoms with van der Waals surface area (Å²) in [7, 11) is -3.84. The fraction of sp³-hybridized carbons (Fsp3) is 0.174. The van der Waals surface area contributed by atoms with Gasteiger partial charge in [-0.05, 0) is 48.5 Å². The van der Waals surface area contributed by atoms with Gasteiger partial charge in [0.2, 0.25) is 0 Å². The molecule has 0 radical (unpaired) electrons. The molecule has 1 amide bonds. The second-order valence-electron chi connectivity index (χ2n) is 7.74. The van der Waals surface area contributed by atoms with Crippen LogP contribution < -0.4 is 9.62 Å². The number of nitrogens with zero attached hydrogens (tertiary/aromatic N) is 4. The Hall–Kier alpha value is -3.21. The lowest BCUT2D eigenvalue weighted by Crippen LogP contribution is -2.48. The largest absolute Gasteiger partial charge is 0.345 e. The number of rotatable bonds is 5. The zero-order valence-electron chi connectivity index (χ0n) is 17.9. The molecule has 8 nitrogen and oxygen atoms in total. The first-order chi connectivity index (χ1) is 16.4. The predicted molar refractivity (Wildman–Crippen MR) is 134 cm³/mol. The van der Waals surface area contributed by atoms with Gasteiger partial charge in [-0.2, -0.15) is 8.42 Å². The Labute approximate surface area is 205 Å². The van der Waals surface area contributed by atoms with Gasteiger partial charge in [0.15, 0.2) is 10.2 Å². The van der Waals surface area contributed by atoms with Crippen molar-refractivity contribution < 1.29 is 13.2 Å². The maximum absolute atomic E-state index is 13.1. The number of anilines is 2. The van der Waals surface area contributed by atoms with Crippen molar-refractivity contribution in [1.82, 2.24) is 14.9 Å². The molecular formula is C23H20ClN5O3S2. The minimum atomic E-state index is -3.84.